The Bertz CT molecular complexity index is 459. The van der Waals surface area contributed by atoms with Gasteiger partial charge in [0.15, 0.2) is 0 Å². The molecule has 0 aliphatic carbocycles. The van der Waals surface area contributed by atoms with E-state index in [0.29, 0.717) is 18.3 Å². The number of amides is 1. The van der Waals surface area contributed by atoms with Gasteiger partial charge in [-0.25, -0.2) is 4.98 Å². The summed E-state index contributed by atoms with van der Waals surface area (Å²) >= 11 is 3.48. The van der Waals surface area contributed by atoms with Gasteiger partial charge in [-0.05, 0) is 34.7 Å². The predicted molar refractivity (Wildman–Crippen MR) is 78.0 cm³/mol. The molecule has 0 atom stereocenters. The average molecular weight is 328 g/mol. The molecule has 1 aromatic rings. The average Bonchev–Trinajstić information content (AvgIpc) is 2.40. The number of aromatic nitrogens is 2. The molecular weight excluding hydrogens is 310 g/mol. The number of rotatable bonds is 4. The van der Waals surface area contributed by atoms with Crippen LogP contribution in [0.15, 0.2) is 10.7 Å². The van der Waals surface area contributed by atoms with Crippen molar-refractivity contribution in [2.75, 3.05) is 30.4 Å². The van der Waals surface area contributed by atoms with Crippen molar-refractivity contribution in [2.45, 2.75) is 19.3 Å². The fourth-order valence-corrected chi connectivity index (χ4v) is 2.78. The first-order valence-electron chi connectivity index (χ1n) is 6.33. The molecule has 0 unspecified atom stereocenters. The lowest BCUT2D eigenvalue weighted by Crippen LogP contribution is -2.35. The van der Waals surface area contributed by atoms with Gasteiger partial charge >= 0.3 is 0 Å². The molecule has 7 heteroatoms. The fourth-order valence-electron chi connectivity index (χ4n) is 2.33. The standard InChI is InChI=1S/C12H18BrN5O/c1-15-12-16-7-9(13)11(17-12)18-4-2-8(3-5-18)6-10(14)19/h7-8H,2-6H2,1H3,(H2,14,19)(H,15,16,17). The lowest BCUT2D eigenvalue weighted by molar-refractivity contribution is -0.119. The number of carbonyl (C=O) groups is 1. The van der Waals surface area contributed by atoms with Gasteiger partial charge < -0.3 is 16.0 Å². The molecule has 1 aromatic heterocycles. The minimum Gasteiger partial charge on any atom is -0.370 e. The van der Waals surface area contributed by atoms with Crippen molar-refractivity contribution in [1.82, 2.24) is 9.97 Å². The molecule has 0 spiro atoms. The van der Waals surface area contributed by atoms with E-state index >= 15 is 0 Å². The summed E-state index contributed by atoms with van der Waals surface area (Å²) in [4.78, 5) is 21.8. The highest BCUT2D eigenvalue weighted by Gasteiger charge is 2.23. The van der Waals surface area contributed by atoms with E-state index in [-0.39, 0.29) is 5.91 Å². The van der Waals surface area contributed by atoms with Gasteiger partial charge in [0, 0.05) is 32.8 Å². The van der Waals surface area contributed by atoms with Crippen LogP contribution in [0.2, 0.25) is 0 Å². The lowest BCUT2D eigenvalue weighted by Gasteiger charge is -2.32. The van der Waals surface area contributed by atoms with Crippen LogP contribution in [0.4, 0.5) is 11.8 Å². The van der Waals surface area contributed by atoms with Crippen LogP contribution < -0.4 is 16.0 Å². The summed E-state index contributed by atoms with van der Waals surface area (Å²) in [5.74, 6) is 1.70. The zero-order chi connectivity index (χ0) is 13.8. The van der Waals surface area contributed by atoms with Gasteiger partial charge in [-0.3, -0.25) is 4.79 Å². The number of primary amides is 1. The Morgan fingerprint density at radius 3 is 2.84 bits per heavy atom. The quantitative estimate of drug-likeness (QED) is 0.872. The second-order valence-corrected chi connectivity index (χ2v) is 5.57. The summed E-state index contributed by atoms with van der Waals surface area (Å²) in [5, 5.41) is 2.94. The van der Waals surface area contributed by atoms with Crippen LogP contribution in [0.1, 0.15) is 19.3 Å². The van der Waals surface area contributed by atoms with Crippen molar-refractivity contribution in [3.05, 3.63) is 10.7 Å². The first-order chi connectivity index (χ1) is 9.10. The molecule has 1 aliphatic rings. The predicted octanol–water partition coefficient (Wildman–Crippen LogP) is 1.37. The molecule has 19 heavy (non-hydrogen) atoms. The largest absolute Gasteiger partial charge is 0.370 e. The monoisotopic (exact) mass is 327 g/mol. The maximum Gasteiger partial charge on any atom is 0.224 e. The second-order valence-electron chi connectivity index (χ2n) is 4.72. The summed E-state index contributed by atoms with van der Waals surface area (Å²) < 4.78 is 0.889. The number of carbonyl (C=O) groups excluding carboxylic acids is 1. The van der Waals surface area contributed by atoms with Gasteiger partial charge in [-0.2, -0.15) is 4.98 Å². The molecule has 1 aliphatic heterocycles. The van der Waals surface area contributed by atoms with Crippen LogP contribution in [0, 0.1) is 5.92 Å². The maximum absolute atomic E-state index is 10.9. The number of nitrogens with zero attached hydrogens (tertiary/aromatic N) is 3. The zero-order valence-corrected chi connectivity index (χ0v) is 12.5. The van der Waals surface area contributed by atoms with Crippen LogP contribution in [-0.2, 0) is 4.79 Å². The molecule has 6 nitrogen and oxygen atoms in total. The normalized spacial score (nSPS) is 16.4. The summed E-state index contributed by atoms with van der Waals surface area (Å²) in [6.07, 6.45) is 4.17. The van der Waals surface area contributed by atoms with Gasteiger partial charge in [0.1, 0.15) is 5.82 Å². The molecule has 104 valence electrons. The summed E-state index contributed by atoms with van der Waals surface area (Å²) in [7, 11) is 1.80. The van der Waals surface area contributed by atoms with Crippen molar-refractivity contribution in [2.24, 2.45) is 11.7 Å². The van der Waals surface area contributed by atoms with E-state index in [0.717, 1.165) is 36.2 Å². The third-order valence-corrected chi connectivity index (χ3v) is 3.91. The highest BCUT2D eigenvalue weighted by atomic mass is 79.9. The van der Waals surface area contributed by atoms with Gasteiger partial charge in [-0.15, -0.1) is 0 Å². The van der Waals surface area contributed by atoms with E-state index in [9.17, 15) is 4.79 Å². The van der Waals surface area contributed by atoms with Crippen LogP contribution in [0.25, 0.3) is 0 Å². The third-order valence-electron chi connectivity index (χ3n) is 3.35. The van der Waals surface area contributed by atoms with E-state index < -0.39 is 0 Å². The van der Waals surface area contributed by atoms with Crippen molar-refractivity contribution in [3.8, 4) is 0 Å². The molecule has 3 N–H and O–H groups in total. The van der Waals surface area contributed by atoms with Crippen LogP contribution >= 0.6 is 15.9 Å². The number of hydrogen-bond donors (Lipinski definition) is 2. The highest BCUT2D eigenvalue weighted by Crippen LogP contribution is 2.29. The first kappa shape index (κ1) is 14.0. The second kappa shape index (κ2) is 6.18. The number of anilines is 2. The molecule has 1 saturated heterocycles. The van der Waals surface area contributed by atoms with Crippen molar-refractivity contribution >= 4 is 33.6 Å². The third kappa shape index (κ3) is 3.56. The van der Waals surface area contributed by atoms with E-state index in [1.807, 2.05) is 0 Å². The van der Waals surface area contributed by atoms with Crippen LogP contribution in [-0.4, -0.2) is 36.0 Å². The maximum atomic E-state index is 10.9. The molecular formula is C12H18BrN5O. The smallest absolute Gasteiger partial charge is 0.224 e. The van der Waals surface area contributed by atoms with E-state index in [1.165, 1.54) is 0 Å². The Morgan fingerprint density at radius 2 is 2.26 bits per heavy atom. The first-order valence-corrected chi connectivity index (χ1v) is 7.13. The number of hydrogen-bond acceptors (Lipinski definition) is 5. The van der Waals surface area contributed by atoms with Gasteiger partial charge in [-0.1, -0.05) is 0 Å². The topological polar surface area (TPSA) is 84.1 Å². The van der Waals surface area contributed by atoms with Gasteiger partial charge in [0.2, 0.25) is 11.9 Å². The zero-order valence-electron chi connectivity index (χ0n) is 10.9. The number of nitrogens with two attached hydrogens (primary N) is 1. The molecule has 2 heterocycles. The van der Waals surface area contributed by atoms with E-state index in [1.54, 1.807) is 13.2 Å². The van der Waals surface area contributed by atoms with E-state index in [2.05, 4.69) is 36.1 Å². The number of nitrogens with one attached hydrogen (secondary N) is 1. The Labute approximate surface area is 120 Å². The Kier molecular flexibility index (Phi) is 4.57. The molecule has 0 bridgehead atoms. The Balaban J connectivity index is 2.03. The summed E-state index contributed by atoms with van der Waals surface area (Å²) in [6.45, 7) is 1.77. The fraction of sp³-hybridized carbons (Fsp3) is 0.583. The summed E-state index contributed by atoms with van der Waals surface area (Å²) in [6, 6.07) is 0. The molecule has 1 fully saturated rings. The van der Waals surface area contributed by atoms with Crippen molar-refractivity contribution in [1.29, 1.82) is 0 Å². The van der Waals surface area contributed by atoms with Gasteiger partial charge in [0.05, 0.1) is 4.47 Å². The number of piperidine rings is 1. The van der Waals surface area contributed by atoms with E-state index in [4.69, 9.17) is 5.73 Å². The minimum absolute atomic E-state index is 0.209. The van der Waals surface area contributed by atoms with Gasteiger partial charge in [0.25, 0.3) is 0 Å². The van der Waals surface area contributed by atoms with Crippen molar-refractivity contribution in [3.63, 3.8) is 0 Å². The Morgan fingerprint density at radius 1 is 1.58 bits per heavy atom. The Hall–Kier alpha value is -1.37. The highest BCUT2D eigenvalue weighted by molar-refractivity contribution is 9.10. The molecule has 0 aromatic carbocycles. The number of halogens is 1. The SMILES string of the molecule is CNc1ncc(Br)c(N2CCC(CC(N)=O)CC2)n1. The molecule has 0 saturated carbocycles. The van der Waals surface area contributed by atoms with Crippen LogP contribution in [0.3, 0.4) is 0 Å². The van der Waals surface area contributed by atoms with Crippen molar-refractivity contribution < 1.29 is 4.79 Å². The molecule has 1 amide bonds. The lowest BCUT2D eigenvalue weighted by atomic mass is 9.93. The minimum atomic E-state index is -0.209. The van der Waals surface area contributed by atoms with Crippen LogP contribution in [0.5, 0.6) is 0 Å². The molecule has 2 rings (SSSR count). The molecule has 0 radical (unpaired) electrons. The summed E-state index contributed by atoms with van der Waals surface area (Å²) in [5.41, 5.74) is 5.24.